The van der Waals surface area contributed by atoms with Gasteiger partial charge >= 0.3 is 5.97 Å². The highest BCUT2D eigenvalue weighted by Gasteiger charge is 2.15. The number of hydrogen-bond acceptors (Lipinski definition) is 3. The maximum absolute atomic E-state index is 12.4. The molecular formula is C19H22N2O4. The summed E-state index contributed by atoms with van der Waals surface area (Å²) in [5.41, 5.74) is 1.74. The molecule has 0 radical (unpaired) electrons. The normalized spacial score (nSPS) is 12.0. The summed E-state index contributed by atoms with van der Waals surface area (Å²) in [5, 5.41) is 11.8. The van der Waals surface area contributed by atoms with Crippen LogP contribution in [0.2, 0.25) is 0 Å². The zero-order chi connectivity index (χ0) is 18.6. The van der Waals surface area contributed by atoms with Crippen LogP contribution in [0.25, 0.3) is 0 Å². The predicted octanol–water partition coefficient (Wildman–Crippen LogP) is 3.01. The van der Waals surface area contributed by atoms with Crippen LogP contribution in [0.1, 0.15) is 48.3 Å². The Labute approximate surface area is 145 Å². The zero-order valence-corrected chi connectivity index (χ0v) is 14.5. The highest BCUT2D eigenvalue weighted by Crippen LogP contribution is 2.20. The van der Waals surface area contributed by atoms with Gasteiger partial charge in [-0.05, 0) is 43.0 Å². The van der Waals surface area contributed by atoms with Crippen molar-refractivity contribution in [2.24, 2.45) is 5.92 Å². The lowest BCUT2D eigenvalue weighted by atomic mass is 10.0. The van der Waals surface area contributed by atoms with E-state index in [2.05, 4.69) is 10.3 Å². The van der Waals surface area contributed by atoms with Crippen LogP contribution < -0.4 is 10.9 Å². The molecule has 0 spiro atoms. The Balaban J connectivity index is 2.22. The quantitative estimate of drug-likeness (QED) is 0.751. The van der Waals surface area contributed by atoms with Crippen molar-refractivity contribution in [3.05, 3.63) is 63.6 Å². The Hall–Kier alpha value is -2.89. The Morgan fingerprint density at radius 2 is 1.88 bits per heavy atom. The number of aromatic nitrogens is 1. The Kier molecular flexibility index (Phi) is 5.75. The lowest BCUT2D eigenvalue weighted by Crippen LogP contribution is -2.18. The second kappa shape index (κ2) is 7.79. The molecule has 0 fully saturated rings. The summed E-state index contributed by atoms with van der Waals surface area (Å²) in [6.45, 7) is 5.64. The average molecular weight is 342 g/mol. The van der Waals surface area contributed by atoms with E-state index in [9.17, 15) is 14.4 Å². The molecule has 1 aromatic heterocycles. The van der Waals surface area contributed by atoms with Crippen molar-refractivity contribution in [2.45, 2.75) is 33.1 Å². The number of aliphatic carboxylic acids is 1. The van der Waals surface area contributed by atoms with E-state index in [-0.39, 0.29) is 11.1 Å². The van der Waals surface area contributed by atoms with Crippen LogP contribution in [0.15, 0.2) is 41.2 Å². The van der Waals surface area contributed by atoms with E-state index >= 15 is 0 Å². The first-order valence-electron chi connectivity index (χ1n) is 8.13. The van der Waals surface area contributed by atoms with Gasteiger partial charge in [0.25, 0.3) is 5.91 Å². The molecule has 1 amide bonds. The number of pyridine rings is 1. The predicted molar refractivity (Wildman–Crippen MR) is 96.1 cm³/mol. The van der Waals surface area contributed by atoms with Crippen LogP contribution in [-0.4, -0.2) is 22.0 Å². The molecule has 0 bridgehead atoms. The monoisotopic (exact) mass is 342 g/mol. The number of carbonyl (C=O) groups excluding carboxylic acids is 1. The van der Waals surface area contributed by atoms with Gasteiger partial charge in [0.05, 0.1) is 5.92 Å². The highest BCUT2D eigenvalue weighted by molar-refractivity contribution is 6.04. The van der Waals surface area contributed by atoms with Crippen molar-refractivity contribution < 1.29 is 14.7 Å². The smallest absolute Gasteiger partial charge is 0.310 e. The van der Waals surface area contributed by atoms with Crippen LogP contribution in [0.4, 0.5) is 5.69 Å². The van der Waals surface area contributed by atoms with Crippen molar-refractivity contribution in [2.75, 3.05) is 5.32 Å². The van der Waals surface area contributed by atoms with Crippen molar-refractivity contribution in [3.63, 3.8) is 0 Å². The molecule has 3 N–H and O–H groups in total. The third-order valence-electron chi connectivity index (χ3n) is 3.81. The number of carbonyl (C=O) groups is 2. The van der Waals surface area contributed by atoms with Gasteiger partial charge in [-0.15, -0.1) is 0 Å². The standard InChI is InChI=1S/C19H22N2O4/c1-11(2)7-16-9-14(10-17(22)20-16)18(23)21-15-6-4-5-13(8-15)12(3)19(24)25/h4-6,8-12H,7H2,1-3H3,(H,20,22)(H,21,23)(H,24,25). The molecule has 0 saturated carbocycles. The highest BCUT2D eigenvalue weighted by atomic mass is 16.4. The van der Waals surface area contributed by atoms with Crippen molar-refractivity contribution in [1.82, 2.24) is 4.98 Å². The number of nitrogens with one attached hydrogen (secondary N) is 2. The number of rotatable bonds is 6. The number of hydrogen-bond donors (Lipinski definition) is 3. The first-order chi connectivity index (χ1) is 11.8. The van der Waals surface area contributed by atoms with Gasteiger partial charge in [0, 0.05) is 23.0 Å². The molecule has 0 saturated heterocycles. The molecule has 1 heterocycles. The number of benzene rings is 1. The van der Waals surface area contributed by atoms with Crippen LogP contribution >= 0.6 is 0 Å². The Bertz CT molecular complexity index is 839. The van der Waals surface area contributed by atoms with E-state index in [0.717, 1.165) is 0 Å². The lowest BCUT2D eigenvalue weighted by molar-refractivity contribution is -0.138. The molecule has 0 aliphatic carbocycles. The van der Waals surface area contributed by atoms with Crippen LogP contribution in [0, 0.1) is 5.92 Å². The van der Waals surface area contributed by atoms with Crippen molar-refractivity contribution >= 4 is 17.6 Å². The number of anilines is 1. The van der Waals surface area contributed by atoms with E-state index in [0.29, 0.717) is 29.3 Å². The second-order valence-electron chi connectivity index (χ2n) is 6.50. The molecule has 1 aromatic carbocycles. The van der Waals surface area contributed by atoms with Gasteiger partial charge < -0.3 is 15.4 Å². The molecule has 0 aliphatic rings. The molecule has 0 aliphatic heterocycles. The lowest BCUT2D eigenvalue weighted by Gasteiger charge is -2.11. The van der Waals surface area contributed by atoms with E-state index < -0.39 is 17.8 Å². The maximum Gasteiger partial charge on any atom is 0.310 e. The minimum Gasteiger partial charge on any atom is -0.481 e. The SMILES string of the molecule is CC(C)Cc1cc(C(=O)Nc2cccc(C(C)C(=O)O)c2)cc(=O)[nH]1. The number of carboxylic acid groups (broad SMARTS) is 1. The minimum atomic E-state index is -0.934. The van der Waals surface area contributed by atoms with Crippen LogP contribution in [0.3, 0.4) is 0 Å². The fourth-order valence-electron chi connectivity index (χ4n) is 2.51. The summed E-state index contributed by atoms with van der Waals surface area (Å²) in [5.74, 6) is -1.66. The fraction of sp³-hybridized carbons (Fsp3) is 0.316. The largest absolute Gasteiger partial charge is 0.481 e. The van der Waals surface area contributed by atoms with Gasteiger partial charge in [0.15, 0.2) is 0 Å². The number of carboxylic acids is 1. The first kappa shape index (κ1) is 18.4. The average Bonchev–Trinajstić information content (AvgIpc) is 2.53. The molecule has 132 valence electrons. The second-order valence-corrected chi connectivity index (χ2v) is 6.50. The van der Waals surface area contributed by atoms with Gasteiger partial charge in [-0.2, -0.15) is 0 Å². The third-order valence-corrected chi connectivity index (χ3v) is 3.81. The van der Waals surface area contributed by atoms with Crippen LogP contribution in [0.5, 0.6) is 0 Å². The molecule has 25 heavy (non-hydrogen) atoms. The zero-order valence-electron chi connectivity index (χ0n) is 14.5. The first-order valence-corrected chi connectivity index (χ1v) is 8.13. The van der Waals surface area contributed by atoms with E-state index in [1.807, 2.05) is 13.8 Å². The number of H-pyrrole nitrogens is 1. The Morgan fingerprint density at radius 3 is 2.52 bits per heavy atom. The third kappa shape index (κ3) is 5.04. The number of aromatic amines is 1. The fourth-order valence-corrected chi connectivity index (χ4v) is 2.51. The maximum atomic E-state index is 12.4. The summed E-state index contributed by atoms with van der Waals surface area (Å²) in [6, 6.07) is 9.61. The molecular weight excluding hydrogens is 320 g/mol. The minimum absolute atomic E-state index is 0.274. The van der Waals surface area contributed by atoms with Gasteiger partial charge in [0.2, 0.25) is 5.56 Å². The van der Waals surface area contributed by atoms with E-state index in [4.69, 9.17) is 5.11 Å². The molecule has 6 nitrogen and oxygen atoms in total. The summed E-state index contributed by atoms with van der Waals surface area (Å²) in [7, 11) is 0. The van der Waals surface area contributed by atoms with Gasteiger partial charge in [-0.25, -0.2) is 0 Å². The summed E-state index contributed by atoms with van der Waals surface area (Å²) >= 11 is 0. The van der Waals surface area contributed by atoms with Crippen molar-refractivity contribution in [3.8, 4) is 0 Å². The van der Waals surface area contributed by atoms with Gasteiger partial charge in [-0.1, -0.05) is 26.0 Å². The summed E-state index contributed by atoms with van der Waals surface area (Å²) in [6.07, 6.45) is 0.669. The van der Waals surface area contributed by atoms with Gasteiger partial charge in [-0.3, -0.25) is 14.4 Å². The van der Waals surface area contributed by atoms with Gasteiger partial charge in [0.1, 0.15) is 0 Å². The molecule has 6 heteroatoms. The molecule has 1 atom stereocenters. The van der Waals surface area contributed by atoms with Crippen LogP contribution in [-0.2, 0) is 11.2 Å². The van der Waals surface area contributed by atoms with Crippen molar-refractivity contribution in [1.29, 1.82) is 0 Å². The molecule has 1 unspecified atom stereocenters. The van der Waals surface area contributed by atoms with E-state index in [1.165, 1.54) is 6.07 Å². The van der Waals surface area contributed by atoms with E-state index in [1.54, 1.807) is 37.3 Å². The summed E-state index contributed by atoms with van der Waals surface area (Å²) < 4.78 is 0. The molecule has 2 rings (SSSR count). The number of amides is 1. The Morgan fingerprint density at radius 1 is 1.16 bits per heavy atom. The molecule has 2 aromatic rings. The topological polar surface area (TPSA) is 99.3 Å². The summed E-state index contributed by atoms with van der Waals surface area (Å²) in [4.78, 5) is 38.0.